The Hall–Kier alpha value is -2.36. The number of carbonyl (C=O) groups excluding carboxylic acids is 2. The maximum absolute atomic E-state index is 12.2. The number of amides is 2. The maximum atomic E-state index is 12.2. The van der Waals surface area contributed by atoms with E-state index in [1.807, 2.05) is 0 Å². The zero-order chi connectivity index (χ0) is 19.8. The smallest absolute Gasteiger partial charge is 0.412 e. The average molecular weight is 500 g/mol. The number of hydrogen-bond acceptors (Lipinski definition) is 5. The van der Waals surface area contributed by atoms with Crippen molar-refractivity contribution in [3.8, 4) is 5.75 Å². The van der Waals surface area contributed by atoms with Crippen LogP contribution in [0, 0.1) is 0 Å². The van der Waals surface area contributed by atoms with Gasteiger partial charge in [-0.25, -0.2) is 10.3 Å². The van der Waals surface area contributed by atoms with Crippen molar-refractivity contribution in [1.82, 2.24) is 5.48 Å². The lowest BCUT2D eigenvalue weighted by Crippen LogP contribution is -2.18. The number of phenolic OH excluding ortho intramolecular Hbond substituents is 1. The van der Waals surface area contributed by atoms with E-state index in [-0.39, 0.29) is 12.2 Å². The third-order valence-electron chi connectivity index (χ3n) is 3.41. The predicted octanol–water partition coefficient (Wildman–Crippen LogP) is 4.66. The number of hydroxylamine groups is 1. The number of nitrogens with one attached hydrogen (secondary N) is 2. The molecule has 0 aliphatic rings. The second-order valence-corrected chi connectivity index (χ2v) is 7.17. The van der Waals surface area contributed by atoms with E-state index in [1.165, 1.54) is 17.6 Å². The van der Waals surface area contributed by atoms with Crippen LogP contribution in [0.1, 0.15) is 18.1 Å². The van der Waals surface area contributed by atoms with E-state index in [9.17, 15) is 14.7 Å². The summed E-state index contributed by atoms with van der Waals surface area (Å²) in [7, 11) is 0. The second kappa shape index (κ2) is 10.1. The summed E-state index contributed by atoms with van der Waals surface area (Å²) in [6.07, 6.45) is 1.04. The maximum Gasteiger partial charge on any atom is 0.412 e. The molecule has 9 heteroatoms. The van der Waals surface area contributed by atoms with Crippen LogP contribution in [0.15, 0.2) is 63.6 Å². The highest BCUT2D eigenvalue weighted by atomic mass is 79.9. The number of hydrogen-bond donors (Lipinski definition) is 4. The van der Waals surface area contributed by atoms with Gasteiger partial charge in [0, 0.05) is 32.7 Å². The summed E-state index contributed by atoms with van der Waals surface area (Å²) in [6.45, 7) is 0. The Balaban J connectivity index is 2.16. The van der Waals surface area contributed by atoms with Gasteiger partial charge in [-0.3, -0.25) is 15.3 Å². The highest BCUT2D eigenvalue weighted by Gasteiger charge is 2.20. The Morgan fingerprint density at radius 1 is 1.11 bits per heavy atom. The number of halogens is 2. The molecule has 27 heavy (non-hydrogen) atoms. The standard InChI is InChI=1S/C18H16Br2N2O5/c19-11-4-7-13(8-5-11)21-18(25)27-16(2-1-3-17(24)22-26)14-10-12(20)6-9-15(14)23/h1,3-10,16,23,26H,2H2,(H,21,25)(H,22,24)/b3-1+/t16-/m1/s1. The van der Waals surface area contributed by atoms with Gasteiger partial charge < -0.3 is 9.84 Å². The molecule has 0 aliphatic heterocycles. The number of rotatable bonds is 6. The van der Waals surface area contributed by atoms with Crippen LogP contribution in [0.2, 0.25) is 0 Å². The third kappa shape index (κ3) is 6.70. The molecule has 0 heterocycles. The molecule has 142 valence electrons. The quantitative estimate of drug-likeness (QED) is 0.262. The molecule has 1 atom stereocenters. The summed E-state index contributed by atoms with van der Waals surface area (Å²) < 4.78 is 6.99. The Morgan fingerprint density at radius 3 is 2.44 bits per heavy atom. The highest BCUT2D eigenvalue weighted by molar-refractivity contribution is 9.10. The van der Waals surface area contributed by atoms with E-state index in [0.717, 1.165) is 10.5 Å². The number of aromatic hydroxyl groups is 1. The SMILES string of the molecule is O=C(/C=C/C[C@@H](OC(=O)Nc1ccc(Br)cc1)c1cc(Br)ccc1O)NO. The normalized spacial score (nSPS) is 11.8. The van der Waals surface area contributed by atoms with Crippen LogP contribution < -0.4 is 10.8 Å². The summed E-state index contributed by atoms with van der Waals surface area (Å²) in [5.74, 6) is -0.772. The van der Waals surface area contributed by atoms with E-state index in [0.29, 0.717) is 15.7 Å². The lowest BCUT2D eigenvalue weighted by molar-refractivity contribution is -0.124. The Labute approximate surface area is 172 Å². The first-order valence-corrected chi connectivity index (χ1v) is 9.30. The molecule has 2 rings (SSSR count). The van der Waals surface area contributed by atoms with Crippen molar-refractivity contribution in [2.75, 3.05) is 5.32 Å². The summed E-state index contributed by atoms with van der Waals surface area (Å²) in [5.41, 5.74) is 2.37. The summed E-state index contributed by atoms with van der Waals surface area (Å²) in [6, 6.07) is 11.7. The Morgan fingerprint density at radius 2 is 1.78 bits per heavy atom. The van der Waals surface area contributed by atoms with Crippen molar-refractivity contribution in [2.45, 2.75) is 12.5 Å². The van der Waals surface area contributed by atoms with Gasteiger partial charge in [-0.15, -0.1) is 0 Å². The van der Waals surface area contributed by atoms with Crippen molar-refractivity contribution in [3.63, 3.8) is 0 Å². The van der Waals surface area contributed by atoms with Crippen molar-refractivity contribution >= 4 is 49.5 Å². The minimum Gasteiger partial charge on any atom is -0.508 e. The number of ether oxygens (including phenoxy) is 1. The molecular formula is C18H16Br2N2O5. The molecule has 7 nitrogen and oxygen atoms in total. The van der Waals surface area contributed by atoms with Crippen LogP contribution in [0.4, 0.5) is 10.5 Å². The largest absolute Gasteiger partial charge is 0.508 e. The lowest BCUT2D eigenvalue weighted by Gasteiger charge is -2.19. The lowest BCUT2D eigenvalue weighted by atomic mass is 10.0. The summed E-state index contributed by atoms with van der Waals surface area (Å²) in [4.78, 5) is 23.4. The first-order chi connectivity index (χ1) is 12.9. The van der Waals surface area contributed by atoms with E-state index in [1.54, 1.807) is 36.4 Å². The minimum atomic E-state index is -0.860. The molecule has 0 fully saturated rings. The Kier molecular flexibility index (Phi) is 7.83. The molecule has 0 unspecified atom stereocenters. The molecule has 0 radical (unpaired) electrons. The fraction of sp³-hybridized carbons (Fsp3) is 0.111. The number of carbonyl (C=O) groups is 2. The third-order valence-corrected chi connectivity index (χ3v) is 4.43. The fourth-order valence-electron chi connectivity index (χ4n) is 2.17. The second-order valence-electron chi connectivity index (χ2n) is 5.34. The van der Waals surface area contributed by atoms with Crippen molar-refractivity contribution in [3.05, 3.63) is 69.1 Å². The van der Waals surface area contributed by atoms with Crippen molar-refractivity contribution < 1.29 is 24.6 Å². The van der Waals surface area contributed by atoms with Crippen LogP contribution in [0.3, 0.4) is 0 Å². The molecular weight excluding hydrogens is 484 g/mol. The summed E-state index contributed by atoms with van der Waals surface area (Å²) in [5, 5.41) is 21.2. The highest BCUT2D eigenvalue weighted by Crippen LogP contribution is 2.32. The number of anilines is 1. The topological polar surface area (TPSA) is 108 Å². The number of phenols is 1. The molecule has 2 aromatic carbocycles. The molecule has 0 bridgehead atoms. The number of benzene rings is 2. The van der Waals surface area contributed by atoms with Crippen molar-refractivity contribution in [2.24, 2.45) is 0 Å². The molecule has 4 N–H and O–H groups in total. The zero-order valence-corrected chi connectivity index (χ0v) is 17.0. The minimum absolute atomic E-state index is 0.0559. The summed E-state index contributed by atoms with van der Waals surface area (Å²) >= 11 is 6.62. The van der Waals surface area contributed by atoms with E-state index in [2.05, 4.69) is 37.2 Å². The molecule has 0 saturated heterocycles. The first-order valence-electron chi connectivity index (χ1n) is 7.71. The molecule has 0 saturated carbocycles. The van der Waals surface area contributed by atoms with Gasteiger partial charge in [0.2, 0.25) is 0 Å². The van der Waals surface area contributed by atoms with Crippen LogP contribution in [-0.2, 0) is 9.53 Å². The molecule has 2 aromatic rings. The van der Waals surface area contributed by atoms with Crippen LogP contribution in [-0.4, -0.2) is 22.3 Å². The zero-order valence-electron chi connectivity index (χ0n) is 13.9. The molecule has 0 aliphatic carbocycles. The van der Waals surface area contributed by atoms with Crippen LogP contribution in [0.5, 0.6) is 5.75 Å². The van der Waals surface area contributed by atoms with Gasteiger partial charge in [0.25, 0.3) is 5.91 Å². The van der Waals surface area contributed by atoms with Gasteiger partial charge in [-0.05, 0) is 42.5 Å². The van der Waals surface area contributed by atoms with Crippen molar-refractivity contribution in [1.29, 1.82) is 0 Å². The predicted molar refractivity (Wildman–Crippen MR) is 106 cm³/mol. The first kappa shape index (κ1) is 20.9. The van der Waals surface area contributed by atoms with Crippen LogP contribution in [0.25, 0.3) is 0 Å². The van der Waals surface area contributed by atoms with Gasteiger partial charge in [-0.1, -0.05) is 37.9 Å². The van der Waals surface area contributed by atoms with Gasteiger partial charge in [0.15, 0.2) is 0 Å². The molecule has 0 spiro atoms. The fourth-order valence-corrected chi connectivity index (χ4v) is 2.81. The van der Waals surface area contributed by atoms with Gasteiger partial charge in [0.05, 0.1) is 0 Å². The monoisotopic (exact) mass is 498 g/mol. The van der Waals surface area contributed by atoms with Gasteiger partial charge in [-0.2, -0.15) is 0 Å². The Bertz CT molecular complexity index is 840. The van der Waals surface area contributed by atoms with E-state index in [4.69, 9.17) is 9.94 Å². The average Bonchev–Trinajstić information content (AvgIpc) is 2.64. The van der Waals surface area contributed by atoms with Crippen LogP contribution >= 0.6 is 31.9 Å². The van der Waals surface area contributed by atoms with Gasteiger partial charge in [0.1, 0.15) is 11.9 Å². The van der Waals surface area contributed by atoms with Gasteiger partial charge >= 0.3 is 6.09 Å². The molecule has 2 amide bonds. The van der Waals surface area contributed by atoms with E-state index >= 15 is 0 Å². The van der Waals surface area contributed by atoms with E-state index < -0.39 is 18.1 Å². The molecule has 0 aromatic heterocycles.